The van der Waals surface area contributed by atoms with Crippen LogP contribution >= 0.6 is 8.53 Å². The molecule has 3 aromatic rings. The number of para-hydroxylation sites is 1. The Morgan fingerprint density at radius 2 is 2.14 bits per heavy atom. The second-order valence-corrected chi connectivity index (χ2v) is 9.31. The number of hydrogen-bond acceptors (Lipinski definition) is 9. The zero-order valence-electron chi connectivity index (χ0n) is 19.1. The van der Waals surface area contributed by atoms with Gasteiger partial charge in [0.2, 0.25) is 0 Å². The highest BCUT2D eigenvalue weighted by atomic mass is 31.2. The van der Waals surface area contributed by atoms with Gasteiger partial charge in [0.25, 0.3) is 14.1 Å². The Morgan fingerprint density at radius 1 is 1.37 bits per heavy atom. The van der Waals surface area contributed by atoms with Gasteiger partial charge >= 0.3 is 11.7 Å². The van der Waals surface area contributed by atoms with Gasteiger partial charge in [0, 0.05) is 41.7 Å². The first-order chi connectivity index (χ1) is 16.8. The van der Waals surface area contributed by atoms with Crippen LogP contribution in [0.1, 0.15) is 23.8 Å². The number of aliphatic hydroxyl groups excluding tert-OH is 1. The van der Waals surface area contributed by atoms with Crippen LogP contribution in [0.3, 0.4) is 0 Å². The SMILES string of the molecule is COC(=O)[C@H](Cc1c[nH]c2ccccc12)NP(O)OC[C@H]1O[C@@H](n2cc(C)c(=O)[nH]c2=O)C[C@@H]1O. The molecule has 13 heteroatoms. The third-order valence-electron chi connectivity index (χ3n) is 5.87. The maximum absolute atomic E-state index is 12.3. The highest BCUT2D eigenvalue weighted by molar-refractivity contribution is 7.43. The molecule has 1 aromatic carbocycles. The van der Waals surface area contributed by atoms with Gasteiger partial charge in [0.05, 0.1) is 19.8 Å². The lowest BCUT2D eigenvalue weighted by Crippen LogP contribution is -2.37. The molecule has 5 N–H and O–H groups in total. The van der Waals surface area contributed by atoms with E-state index in [2.05, 4.69) is 15.1 Å². The Bertz CT molecular complexity index is 1300. The molecule has 2 aromatic heterocycles. The molecule has 188 valence electrons. The summed E-state index contributed by atoms with van der Waals surface area (Å²) in [4.78, 5) is 51.8. The number of ether oxygens (including phenoxy) is 2. The standard InChI is InChI=1S/C22H27N4O8P/c1-12-10-26(22(30)24-20(12)28)19-8-17(27)18(34-19)11-33-35(31)25-16(21(29)32-2)7-13-9-23-15-6-4-3-5-14(13)15/h3-6,9-10,16-19,23,25,27,31H,7-8,11H2,1-2H3,(H,24,28,30)/t16-,17-,18+,19+,35?/m0/s1. The van der Waals surface area contributed by atoms with Crippen molar-refractivity contribution < 1.29 is 28.8 Å². The van der Waals surface area contributed by atoms with Crippen LogP contribution in [0.5, 0.6) is 0 Å². The highest BCUT2D eigenvalue weighted by Crippen LogP contribution is 2.33. The van der Waals surface area contributed by atoms with Crippen LogP contribution < -0.4 is 16.3 Å². The molecular weight excluding hydrogens is 479 g/mol. The summed E-state index contributed by atoms with van der Waals surface area (Å²) < 4.78 is 17.3. The number of hydrogen-bond donors (Lipinski definition) is 5. The molecule has 12 nitrogen and oxygen atoms in total. The number of aliphatic hydroxyl groups is 1. The first-order valence-corrected chi connectivity index (χ1v) is 12.1. The normalized spacial score (nSPS) is 21.8. The summed E-state index contributed by atoms with van der Waals surface area (Å²) in [5.41, 5.74) is 0.978. The molecule has 1 fully saturated rings. The van der Waals surface area contributed by atoms with Gasteiger partial charge < -0.3 is 29.0 Å². The van der Waals surface area contributed by atoms with Gasteiger partial charge in [-0.15, -0.1) is 0 Å². The third kappa shape index (κ3) is 5.69. The number of carbonyl (C=O) groups excluding carboxylic acids is 1. The number of aromatic amines is 2. The molecule has 0 amide bonds. The van der Waals surface area contributed by atoms with Crippen molar-refractivity contribution in [3.8, 4) is 0 Å². The van der Waals surface area contributed by atoms with Crippen LogP contribution in [0, 0.1) is 6.92 Å². The van der Waals surface area contributed by atoms with E-state index in [1.165, 1.54) is 17.9 Å². The quantitative estimate of drug-likeness (QED) is 0.206. The van der Waals surface area contributed by atoms with E-state index in [4.69, 9.17) is 14.0 Å². The van der Waals surface area contributed by atoms with E-state index in [-0.39, 0.29) is 19.4 Å². The van der Waals surface area contributed by atoms with Gasteiger partial charge in [-0.05, 0) is 18.6 Å². The Morgan fingerprint density at radius 3 is 2.91 bits per heavy atom. The van der Waals surface area contributed by atoms with E-state index < -0.39 is 50.2 Å². The third-order valence-corrected chi connectivity index (χ3v) is 6.80. The summed E-state index contributed by atoms with van der Waals surface area (Å²) in [5, 5.41) is 14.1. The van der Waals surface area contributed by atoms with Crippen molar-refractivity contribution in [3.05, 3.63) is 68.6 Å². The van der Waals surface area contributed by atoms with E-state index in [1.807, 2.05) is 24.3 Å². The lowest BCUT2D eigenvalue weighted by molar-refractivity contribution is -0.142. The zero-order valence-corrected chi connectivity index (χ0v) is 20.0. The van der Waals surface area contributed by atoms with Crippen molar-refractivity contribution in [2.45, 2.75) is 44.2 Å². The fourth-order valence-electron chi connectivity index (χ4n) is 3.99. The Balaban J connectivity index is 1.36. The number of nitrogens with one attached hydrogen (secondary N) is 3. The molecule has 1 aliphatic heterocycles. The van der Waals surface area contributed by atoms with Gasteiger partial charge in [-0.2, -0.15) is 0 Å². The molecule has 0 radical (unpaired) electrons. The first-order valence-electron chi connectivity index (χ1n) is 10.9. The number of aryl methyl sites for hydroxylation is 1. The van der Waals surface area contributed by atoms with Gasteiger partial charge in [-0.1, -0.05) is 18.2 Å². The summed E-state index contributed by atoms with van der Waals surface area (Å²) in [7, 11) is -1.01. The van der Waals surface area contributed by atoms with Crippen molar-refractivity contribution in [2.24, 2.45) is 0 Å². The minimum absolute atomic E-state index is 0.0988. The summed E-state index contributed by atoms with van der Waals surface area (Å²) in [6, 6.07) is 6.77. The van der Waals surface area contributed by atoms with E-state index in [0.717, 1.165) is 16.5 Å². The van der Waals surface area contributed by atoms with Crippen molar-refractivity contribution in [3.63, 3.8) is 0 Å². The maximum Gasteiger partial charge on any atom is 0.330 e. The lowest BCUT2D eigenvalue weighted by Gasteiger charge is -2.21. The van der Waals surface area contributed by atoms with Crippen LogP contribution in [0.2, 0.25) is 0 Å². The fourth-order valence-corrected chi connectivity index (χ4v) is 4.82. The van der Waals surface area contributed by atoms with Crippen molar-refractivity contribution in [1.82, 2.24) is 19.6 Å². The first kappa shape index (κ1) is 25.2. The average Bonchev–Trinajstić information content (AvgIpc) is 3.42. The van der Waals surface area contributed by atoms with Gasteiger partial charge in [-0.25, -0.2) is 9.88 Å². The molecule has 0 spiro atoms. The molecule has 4 rings (SSSR count). The largest absolute Gasteiger partial charge is 0.468 e. The summed E-state index contributed by atoms with van der Waals surface area (Å²) in [6.45, 7) is 1.37. The topological polar surface area (TPSA) is 168 Å². The molecule has 35 heavy (non-hydrogen) atoms. The van der Waals surface area contributed by atoms with Gasteiger partial charge in [0.1, 0.15) is 18.4 Å². The van der Waals surface area contributed by atoms with Gasteiger partial charge in [-0.3, -0.25) is 19.1 Å². The second kappa shape index (κ2) is 10.8. The molecule has 5 atom stereocenters. The monoisotopic (exact) mass is 506 g/mol. The number of esters is 1. The number of fused-ring (bicyclic) bond motifs is 1. The Kier molecular flexibility index (Phi) is 7.80. The fraction of sp³-hybridized carbons (Fsp3) is 0.409. The van der Waals surface area contributed by atoms with Gasteiger partial charge in [0.15, 0.2) is 0 Å². The molecule has 0 saturated carbocycles. The van der Waals surface area contributed by atoms with Crippen molar-refractivity contribution >= 4 is 25.4 Å². The van der Waals surface area contributed by atoms with E-state index >= 15 is 0 Å². The van der Waals surface area contributed by atoms with Crippen LogP contribution in [0.15, 0.2) is 46.2 Å². The molecule has 1 aliphatic rings. The summed E-state index contributed by atoms with van der Waals surface area (Å²) in [5.74, 6) is -0.564. The maximum atomic E-state index is 12.3. The number of carbonyl (C=O) groups is 1. The predicted molar refractivity (Wildman–Crippen MR) is 127 cm³/mol. The minimum Gasteiger partial charge on any atom is -0.468 e. The molecule has 1 saturated heterocycles. The minimum atomic E-state index is -2.27. The number of aromatic nitrogens is 3. The Hall–Kier alpha value is -2.86. The lowest BCUT2D eigenvalue weighted by atomic mass is 10.1. The molecule has 0 aliphatic carbocycles. The van der Waals surface area contributed by atoms with E-state index in [0.29, 0.717) is 5.56 Å². The zero-order chi connectivity index (χ0) is 25.1. The van der Waals surface area contributed by atoms with Crippen molar-refractivity contribution in [2.75, 3.05) is 13.7 Å². The van der Waals surface area contributed by atoms with Crippen LogP contribution in [-0.4, -0.2) is 62.5 Å². The number of benzene rings is 1. The number of methoxy groups -OCH3 is 1. The second-order valence-electron chi connectivity index (χ2n) is 8.25. The molecular formula is C22H27N4O8P. The average molecular weight is 506 g/mol. The van der Waals surface area contributed by atoms with Crippen LogP contribution in [0.4, 0.5) is 0 Å². The van der Waals surface area contributed by atoms with Crippen LogP contribution in [-0.2, 0) is 25.2 Å². The molecule has 3 heterocycles. The van der Waals surface area contributed by atoms with E-state index in [9.17, 15) is 24.4 Å². The number of rotatable bonds is 9. The van der Waals surface area contributed by atoms with Crippen LogP contribution in [0.25, 0.3) is 10.9 Å². The Labute approximate surface area is 200 Å². The smallest absolute Gasteiger partial charge is 0.330 e. The predicted octanol–water partition coefficient (Wildman–Crippen LogP) is 0.584. The highest BCUT2D eigenvalue weighted by Gasteiger charge is 2.36. The van der Waals surface area contributed by atoms with E-state index in [1.54, 1.807) is 13.1 Å². The molecule has 0 bridgehead atoms. The summed E-state index contributed by atoms with van der Waals surface area (Å²) >= 11 is 0. The van der Waals surface area contributed by atoms with Crippen molar-refractivity contribution in [1.29, 1.82) is 0 Å². The molecule has 1 unspecified atom stereocenters. The summed E-state index contributed by atoms with van der Waals surface area (Å²) in [6.07, 6.45) is 0.915. The number of H-pyrrole nitrogens is 2. The number of nitrogens with zero attached hydrogens (tertiary/aromatic N) is 1.